The highest BCUT2D eigenvalue weighted by molar-refractivity contribution is 8.10. The lowest BCUT2D eigenvalue weighted by Crippen LogP contribution is -2.52. The van der Waals surface area contributed by atoms with Gasteiger partial charge < -0.3 is 4.74 Å². The average Bonchev–Trinajstić information content (AvgIpc) is 2.70. The predicted molar refractivity (Wildman–Crippen MR) is 119 cm³/mol. The molecule has 0 spiro atoms. The lowest BCUT2D eigenvalue weighted by molar-refractivity contribution is -0.146. The number of halogens is 1. The van der Waals surface area contributed by atoms with E-state index in [2.05, 4.69) is 0 Å². The van der Waals surface area contributed by atoms with Crippen LogP contribution in [0.5, 0.6) is 0 Å². The largest absolute Gasteiger partial charge is 0.452 e. The SMILES string of the molecule is CC(=O)OC(/C=C/[Si](C)(C)C)C(F)(S(=O)(=O)c1ccccc1)S(=O)(=O)c1ccccc1. The van der Waals surface area contributed by atoms with Crippen molar-refractivity contribution in [2.45, 2.75) is 46.8 Å². The minimum Gasteiger partial charge on any atom is -0.452 e. The second kappa shape index (κ2) is 9.05. The molecule has 0 aliphatic heterocycles. The highest BCUT2D eigenvalue weighted by Gasteiger charge is 2.63. The van der Waals surface area contributed by atoms with Crippen molar-refractivity contribution in [3.63, 3.8) is 0 Å². The van der Waals surface area contributed by atoms with Gasteiger partial charge in [-0.1, -0.05) is 61.7 Å². The molecule has 0 aromatic heterocycles. The molecule has 2 aromatic rings. The fraction of sp³-hybridized carbons (Fsp3) is 0.286. The Hall–Kier alpha value is -2.30. The van der Waals surface area contributed by atoms with Crippen LogP contribution < -0.4 is 0 Å². The number of benzene rings is 2. The standard InChI is InChI=1S/C21H25FO6S2Si/c1-17(23)28-20(15-16-31(2,3)4)21(22,29(24,25)18-11-7-5-8-12-18)30(26,27)19-13-9-6-10-14-19/h5-16,20H,1-4H3/b16-15+. The van der Waals surface area contributed by atoms with Gasteiger partial charge in [-0.3, -0.25) is 4.79 Å². The Labute approximate surface area is 183 Å². The summed E-state index contributed by atoms with van der Waals surface area (Å²) >= 11 is 0. The first kappa shape index (κ1) is 25.0. The van der Waals surface area contributed by atoms with Crippen molar-refractivity contribution in [3.05, 3.63) is 72.4 Å². The summed E-state index contributed by atoms with van der Waals surface area (Å²) in [5.74, 6) is -1.02. The third kappa shape index (κ3) is 5.13. The zero-order chi connectivity index (χ0) is 23.5. The van der Waals surface area contributed by atoms with Gasteiger partial charge in [0.05, 0.1) is 17.9 Å². The molecule has 0 amide bonds. The lowest BCUT2D eigenvalue weighted by Gasteiger charge is -2.31. The molecule has 0 N–H and O–H groups in total. The first-order chi connectivity index (χ1) is 14.2. The van der Waals surface area contributed by atoms with Crippen molar-refractivity contribution >= 4 is 33.7 Å². The number of ether oxygens (including phenoxy) is 1. The maximum absolute atomic E-state index is 16.8. The number of rotatable bonds is 8. The van der Waals surface area contributed by atoms with Crippen LogP contribution in [-0.2, 0) is 29.2 Å². The van der Waals surface area contributed by atoms with Gasteiger partial charge in [-0.25, -0.2) is 21.2 Å². The van der Waals surface area contributed by atoms with E-state index in [9.17, 15) is 21.6 Å². The van der Waals surface area contributed by atoms with E-state index < -0.39 is 53.9 Å². The molecule has 0 saturated heterocycles. The van der Waals surface area contributed by atoms with Gasteiger partial charge in [0, 0.05) is 6.92 Å². The van der Waals surface area contributed by atoms with Crippen LogP contribution >= 0.6 is 0 Å². The van der Waals surface area contributed by atoms with Crippen molar-refractivity contribution in [2.24, 2.45) is 0 Å². The molecule has 31 heavy (non-hydrogen) atoms. The molecule has 0 bridgehead atoms. The highest BCUT2D eigenvalue weighted by atomic mass is 32.3. The van der Waals surface area contributed by atoms with Gasteiger partial charge in [-0.05, 0) is 30.3 Å². The van der Waals surface area contributed by atoms with E-state index >= 15 is 4.39 Å². The molecular formula is C21H25FO6S2Si. The fourth-order valence-corrected chi connectivity index (χ4v) is 7.77. The number of alkyl halides is 1. The minimum absolute atomic E-state index is 0.546. The number of carbonyl (C=O) groups is 1. The Morgan fingerprint density at radius 1 is 0.903 bits per heavy atom. The monoisotopic (exact) mass is 484 g/mol. The average molecular weight is 485 g/mol. The number of carbonyl (C=O) groups excluding carboxylic acids is 1. The van der Waals surface area contributed by atoms with E-state index in [1.165, 1.54) is 42.1 Å². The van der Waals surface area contributed by atoms with Crippen molar-refractivity contribution in [3.8, 4) is 0 Å². The maximum Gasteiger partial charge on any atom is 0.357 e. The van der Waals surface area contributed by atoms with Crippen LogP contribution in [0.4, 0.5) is 4.39 Å². The summed E-state index contributed by atoms with van der Waals surface area (Å²) in [6.45, 7) is 6.60. The second-order valence-electron chi connectivity index (χ2n) is 7.97. The number of sulfone groups is 2. The molecule has 168 valence electrons. The van der Waals surface area contributed by atoms with Gasteiger partial charge in [0.2, 0.25) is 19.7 Å². The van der Waals surface area contributed by atoms with E-state index in [1.54, 1.807) is 0 Å². The van der Waals surface area contributed by atoms with Crippen LogP contribution in [0.2, 0.25) is 19.6 Å². The molecule has 10 heteroatoms. The van der Waals surface area contributed by atoms with Crippen molar-refractivity contribution < 1.29 is 30.8 Å². The number of esters is 1. The number of hydrogen-bond donors (Lipinski definition) is 0. The van der Waals surface area contributed by atoms with Gasteiger partial charge in [0.1, 0.15) is 0 Å². The summed E-state index contributed by atoms with van der Waals surface area (Å²) in [4.78, 5) is 10.7. The van der Waals surface area contributed by atoms with Crippen LogP contribution in [0.3, 0.4) is 0 Å². The van der Waals surface area contributed by atoms with Gasteiger partial charge in [-0.15, -0.1) is 0 Å². The van der Waals surface area contributed by atoms with E-state index in [1.807, 2.05) is 19.6 Å². The van der Waals surface area contributed by atoms with E-state index in [-0.39, 0.29) is 0 Å². The summed E-state index contributed by atoms with van der Waals surface area (Å²) in [7, 11) is -12.4. The molecule has 0 saturated carbocycles. The molecule has 0 aliphatic carbocycles. The summed E-state index contributed by atoms with van der Waals surface area (Å²) in [5.41, 5.74) is 1.54. The molecule has 0 fully saturated rings. The zero-order valence-electron chi connectivity index (χ0n) is 17.6. The Balaban J connectivity index is 2.90. The third-order valence-electron chi connectivity index (χ3n) is 4.24. The van der Waals surface area contributed by atoms with Crippen LogP contribution in [0.25, 0.3) is 0 Å². The van der Waals surface area contributed by atoms with Crippen LogP contribution in [-0.4, -0.2) is 41.3 Å². The molecule has 1 unspecified atom stereocenters. The summed E-state index contributed by atoms with van der Waals surface area (Å²) in [6, 6.07) is 12.8. The van der Waals surface area contributed by atoms with Crippen LogP contribution in [0, 0.1) is 0 Å². The first-order valence-electron chi connectivity index (χ1n) is 9.38. The minimum atomic E-state index is -5.19. The third-order valence-corrected chi connectivity index (χ3v) is 10.5. The van der Waals surface area contributed by atoms with Gasteiger partial charge in [-0.2, -0.15) is 0 Å². The molecule has 6 nitrogen and oxygen atoms in total. The van der Waals surface area contributed by atoms with E-state index in [0.717, 1.165) is 37.3 Å². The first-order valence-corrected chi connectivity index (χ1v) is 15.9. The highest BCUT2D eigenvalue weighted by Crippen LogP contribution is 2.41. The topological polar surface area (TPSA) is 94.6 Å². The molecule has 0 heterocycles. The van der Waals surface area contributed by atoms with Crippen LogP contribution in [0.1, 0.15) is 6.92 Å². The summed E-state index contributed by atoms with van der Waals surface area (Å²) in [6.07, 6.45) is -1.18. The van der Waals surface area contributed by atoms with Crippen LogP contribution in [0.15, 0.2) is 82.2 Å². The second-order valence-corrected chi connectivity index (χ2v) is 17.4. The predicted octanol–water partition coefficient (Wildman–Crippen LogP) is 3.92. The molecule has 1 atom stereocenters. The normalized spacial score (nSPS) is 14.4. The van der Waals surface area contributed by atoms with Crippen molar-refractivity contribution in [1.82, 2.24) is 0 Å². The molecule has 0 radical (unpaired) electrons. The van der Waals surface area contributed by atoms with Gasteiger partial charge in [0.15, 0.2) is 6.10 Å². The van der Waals surface area contributed by atoms with E-state index in [0.29, 0.717) is 0 Å². The molecular weight excluding hydrogens is 459 g/mol. The fourth-order valence-electron chi connectivity index (χ4n) is 2.75. The Bertz CT molecular complexity index is 1090. The van der Waals surface area contributed by atoms with E-state index in [4.69, 9.17) is 4.74 Å². The summed E-state index contributed by atoms with van der Waals surface area (Å²) < 4.78 is 71.6. The Kier molecular flexibility index (Phi) is 7.29. The molecule has 2 rings (SSSR count). The summed E-state index contributed by atoms with van der Waals surface area (Å²) in [5, 5.41) is 0. The van der Waals surface area contributed by atoms with Crippen molar-refractivity contribution in [1.29, 1.82) is 0 Å². The Morgan fingerprint density at radius 2 is 1.29 bits per heavy atom. The quantitative estimate of drug-likeness (QED) is 0.416. The maximum atomic E-state index is 16.8. The zero-order valence-corrected chi connectivity index (χ0v) is 20.3. The van der Waals surface area contributed by atoms with Gasteiger partial charge >= 0.3 is 10.3 Å². The van der Waals surface area contributed by atoms with Crippen molar-refractivity contribution in [2.75, 3.05) is 0 Å². The molecule has 2 aromatic carbocycles. The molecule has 0 aliphatic rings. The Morgan fingerprint density at radius 3 is 1.61 bits per heavy atom. The number of hydrogen-bond acceptors (Lipinski definition) is 6. The van der Waals surface area contributed by atoms with Gasteiger partial charge in [0.25, 0.3) is 0 Å². The smallest absolute Gasteiger partial charge is 0.357 e. The lowest BCUT2D eigenvalue weighted by atomic mass is 10.3.